The van der Waals surface area contributed by atoms with Crippen LogP contribution in [0.2, 0.25) is 5.02 Å². The standard InChI is InChI=1S/C27H24ClFN2O5/c1-14-13-35-26-18(14)11-21(31-25(26)15-3-7-20(29)19(28)9-15)22(32)12-30-27(33)16-4-8-23(24(10-16)34-2)36-17-5-6-17/h3-4,7-11,14,17H,5-6,12-13H2,1-2H3,(H,30,33). The number of amides is 1. The molecule has 0 bridgehead atoms. The third kappa shape index (κ3) is 4.86. The van der Waals surface area contributed by atoms with Crippen LogP contribution in [0, 0.1) is 5.82 Å². The van der Waals surface area contributed by atoms with Gasteiger partial charge in [-0.25, -0.2) is 9.37 Å². The number of benzene rings is 2. The van der Waals surface area contributed by atoms with E-state index in [1.807, 2.05) is 6.92 Å². The number of hydrogen-bond acceptors (Lipinski definition) is 6. The molecule has 1 saturated carbocycles. The van der Waals surface area contributed by atoms with Crippen molar-refractivity contribution in [3.05, 3.63) is 70.1 Å². The molecule has 5 rings (SSSR count). The summed E-state index contributed by atoms with van der Waals surface area (Å²) in [5, 5.41) is 2.60. The Morgan fingerprint density at radius 1 is 1.17 bits per heavy atom. The van der Waals surface area contributed by atoms with Crippen molar-refractivity contribution in [2.24, 2.45) is 0 Å². The van der Waals surface area contributed by atoms with Gasteiger partial charge in [0, 0.05) is 22.6 Å². The summed E-state index contributed by atoms with van der Waals surface area (Å²) >= 11 is 5.97. The van der Waals surface area contributed by atoms with E-state index < -0.39 is 11.7 Å². The molecule has 0 spiro atoms. The second kappa shape index (κ2) is 9.78. The lowest BCUT2D eigenvalue weighted by Gasteiger charge is -2.13. The summed E-state index contributed by atoms with van der Waals surface area (Å²) in [5.74, 6) is 0.278. The summed E-state index contributed by atoms with van der Waals surface area (Å²) in [7, 11) is 1.51. The maximum Gasteiger partial charge on any atom is 0.251 e. The monoisotopic (exact) mass is 510 g/mol. The van der Waals surface area contributed by atoms with E-state index in [1.54, 1.807) is 24.3 Å². The first-order valence-corrected chi connectivity index (χ1v) is 12.0. The molecule has 186 valence electrons. The molecule has 2 aliphatic rings. The zero-order chi connectivity index (χ0) is 25.4. The third-order valence-electron chi connectivity index (χ3n) is 6.14. The Balaban J connectivity index is 1.35. The summed E-state index contributed by atoms with van der Waals surface area (Å²) in [5.41, 5.74) is 2.28. The second-order valence-electron chi connectivity index (χ2n) is 8.90. The molecule has 0 saturated heterocycles. The van der Waals surface area contributed by atoms with Crippen LogP contribution in [0.3, 0.4) is 0 Å². The number of methoxy groups -OCH3 is 1. The number of rotatable bonds is 8. The normalized spacial score (nSPS) is 16.2. The van der Waals surface area contributed by atoms with Crippen LogP contribution in [0.1, 0.15) is 52.1 Å². The van der Waals surface area contributed by atoms with Crippen molar-refractivity contribution in [3.63, 3.8) is 0 Å². The van der Waals surface area contributed by atoms with Crippen LogP contribution in [-0.4, -0.2) is 43.0 Å². The van der Waals surface area contributed by atoms with Crippen LogP contribution in [0.4, 0.5) is 4.39 Å². The molecule has 1 atom stereocenters. The number of carbonyl (C=O) groups is 2. The van der Waals surface area contributed by atoms with Crippen molar-refractivity contribution < 1.29 is 28.2 Å². The molecule has 1 aromatic heterocycles. The van der Waals surface area contributed by atoms with Gasteiger partial charge in [0.25, 0.3) is 5.91 Å². The molecule has 2 heterocycles. The lowest BCUT2D eigenvalue weighted by Crippen LogP contribution is -2.30. The number of fused-ring (bicyclic) bond motifs is 1. The van der Waals surface area contributed by atoms with Crippen molar-refractivity contribution in [1.82, 2.24) is 10.3 Å². The van der Waals surface area contributed by atoms with Gasteiger partial charge in [-0.3, -0.25) is 9.59 Å². The highest BCUT2D eigenvalue weighted by molar-refractivity contribution is 6.31. The Labute approximate surface area is 212 Å². The smallest absolute Gasteiger partial charge is 0.251 e. The van der Waals surface area contributed by atoms with Gasteiger partial charge in [0.2, 0.25) is 0 Å². The zero-order valence-electron chi connectivity index (χ0n) is 19.8. The number of ketones is 1. The lowest BCUT2D eigenvalue weighted by atomic mass is 9.99. The number of pyridine rings is 1. The molecule has 3 aromatic rings. The molecule has 1 unspecified atom stereocenters. The minimum Gasteiger partial charge on any atom is -0.493 e. The lowest BCUT2D eigenvalue weighted by molar-refractivity contribution is 0.0902. The average molecular weight is 511 g/mol. The van der Waals surface area contributed by atoms with Crippen molar-refractivity contribution >= 4 is 23.3 Å². The van der Waals surface area contributed by atoms with Gasteiger partial charge in [-0.1, -0.05) is 18.5 Å². The first-order chi connectivity index (χ1) is 17.3. The maximum absolute atomic E-state index is 13.7. The van der Waals surface area contributed by atoms with Crippen molar-refractivity contribution in [2.45, 2.75) is 31.8 Å². The highest BCUT2D eigenvalue weighted by Crippen LogP contribution is 2.41. The Morgan fingerprint density at radius 2 is 1.97 bits per heavy atom. The number of halogens is 2. The number of hydrogen-bond donors (Lipinski definition) is 1. The third-order valence-corrected chi connectivity index (χ3v) is 6.43. The largest absolute Gasteiger partial charge is 0.493 e. The highest BCUT2D eigenvalue weighted by atomic mass is 35.5. The van der Waals surface area contributed by atoms with Crippen LogP contribution in [0.15, 0.2) is 42.5 Å². The van der Waals surface area contributed by atoms with E-state index in [9.17, 15) is 14.0 Å². The fourth-order valence-electron chi connectivity index (χ4n) is 3.98. The topological polar surface area (TPSA) is 86.8 Å². The predicted octanol–water partition coefficient (Wildman–Crippen LogP) is 5.20. The van der Waals surface area contributed by atoms with Crippen LogP contribution in [0.5, 0.6) is 17.2 Å². The van der Waals surface area contributed by atoms with Crippen LogP contribution < -0.4 is 19.5 Å². The number of nitrogens with one attached hydrogen (secondary N) is 1. The average Bonchev–Trinajstić information content (AvgIpc) is 3.63. The maximum atomic E-state index is 13.7. The molecule has 36 heavy (non-hydrogen) atoms. The number of carbonyl (C=O) groups excluding carboxylic acids is 2. The fraction of sp³-hybridized carbons (Fsp3) is 0.296. The summed E-state index contributed by atoms with van der Waals surface area (Å²) in [6.45, 7) is 2.16. The van der Waals surface area contributed by atoms with Crippen molar-refractivity contribution in [3.8, 4) is 28.5 Å². The summed E-state index contributed by atoms with van der Waals surface area (Å²) in [6, 6.07) is 10.8. The van der Waals surface area contributed by atoms with E-state index in [-0.39, 0.29) is 35.1 Å². The van der Waals surface area contributed by atoms with Gasteiger partial charge in [0.15, 0.2) is 17.3 Å². The van der Waals surface area contributed by atoms with Gasteiger partial charge >= 0.3 is 0 Å². The van der Waals surface area contributed by atoms with E-state index in [4.69, 9.17) is 25.8 Å². The molecule has 7 nitrogen and oxygen atoms in total. The molecule has 1 aliphatic heterocycles. The van der Waals surface area contributed by atoms with E-state index in [1.165, 1.54) is 25.3 Å². The fourth-order valence-corrected chi connectivity index (χ4v) is 4.16. The minimum absolute atomic E-state index is 0.0441. The number of ether oxygens (including phenoxy) is 3. The van der Waals surface area contributed by atoms with Crippen molar-refractivity contribution in [2.75, 3.05) is 20.3 Å². The number of nitrogens with zero attached hydrogens (tertiary/aromatic N) is 1. The highest BCUT2D eigenvalue weighted by Gasteiger charge is 2.28. The summed E-state index contributed by atoms with van der Waals surface area (Å²) in [6.07, 6.45) is 2.20. The van der Waals surface area contributed by atoms with Crippen LogP contribution in [-0.2, 0) is 0 Å². The van der Waals surface area contributed by atoms with Crippen LogP contribution >= 0.6 is 11.6 Å². The van der Waals surface area contributed by atoms with Gasteiger partial charge < -0.3 is 19.5 Å². The van der Waals surface area contributed by atoms with Crippen LogP contribution in [0.25, 0.3) is 11.3 Å². The first-order valence-electron chi connectivity index (χ1n) is 11.6. The van der Waals surface area contributed by atoms with E-state index in [2.05, 4.69) is 10.3 Å². The first kappa shape index (κ1) is 24.1. The molecule has 0 radical (unpaired) electrons. The molecular formula is C27H24ClFN2O5. The molecule has 1 aliphatic carbocycles. The summed E-state index contributed by atoms with van der Waals surface area (Å²) in [4.78, 5) is 30.3. The molecule has 1 N–H and O–H groups in total. The number of aromatic nitrogens is 1. The molecule has 1 fully saturated rings. The molecule has 2 aromatic carbocycles. The molecule has 1 amide bonds. The van der Waals surface area contributed by atoms with Gasteiger partial charge in [0.05, 0.1) is 31.4 Å². The van der Waals surface area contributed by atoms with E-state index in [0.717, 1.165) is 18.4 Å². The summed E-state index contributed by atoms with van der Waals surface area (Å²) < 4.78 is 30.7. The Morgan fingerprint density at radius 3 is 2.69 bits per heavy atom. The molecule has 9 heteroatoms. The van der Waals surface area contributed by atoms with Gasteiger partial charge in [0.1, 0.15) is 23.0 Å². The Hall–Kier alpha value is -3.65. The van der Waals surface area contributed by atoms with Crippen molar-refractivity contribution in [1.29, 1.82) is 0 Å². The zero-order valence-corrected chi connectivity index (χ0v) is 20.5. The number of Topliss-reactive ketones (excluding diaryl/α,β-unsaturated/α-hetero) is 1. The Bertz CT molecular complexity index is 1360. The van der Waals surface area contributed by atoms with Gasteiger partial charge in [-0.15, -0.1) is 0 Å². The minimum atomic E-state index is -0.551. The SMILES string of the molecule is COc1cc(C(=O)NCC(=O)c2cc3c(c(-c4ccc(F)c(Cl)c4)n2)OCC3C)ccc1OC1CC1. The van der Waals surface area contributed by atoms with Gasteiger partial charge in [-0.05, 0) is 55.3 Å². The second-order valence-corrected chi connectivity index (χ2v) is 9.31. The Kier molecular flexibility index (Phi) is 6.53. The van der Waals surface area contributed by atoms with E-state index >= 15 is 0 Å². The van der Waals surface area contributed by atoms with E-state index in [0.29, 0.717) is 40.7 Å². The van der Waals surface area contributed by atoms with Gasteiger partial charge in [-0.2, -0.15) is 0 Å². The quantitative estimate of drug-likeness (QED) is 0.419. The molecular weight excluding hydrogens is 487 g/mol. The predicted molar refractivity (Wildman–Crippen MR) is 132 cm³/mol.